The summed E-state index contributed by atoms with van der Waals surface area (Å²) in [4.78, 5) is 4.72. The van der Waals surface area contributed by atoms with E-state index in [4.69, 9.17) is 9.47 Å². The van der Waals surface area contributed by atoms with Gasteiger partial charge in [0.1, 0.15) is 6.04 Å². The minimum Gasteiger partial charge on any atom is -0.490 e. The van der Waals surface area contributed by atoms with E-state index in [1.165, 1.54) is 0 Å². The van der Waals surface area contributed by atoms with Crippen molar-refractivity contribution in [3.8, 4) is 17.6 Å². The van der Waals surface area contributed by atoms with Gasteiger partial charge in [-0.3, -0.25) is 9.80 Å². The molecule has 2 unspecified atom stereocenters. The summed E-state index contributed by atoms with van der Waals surface area (Å²) >= 11 is 0. The number of benzene rings is 1. The number of ether oxygens (including phenoxy) is 2. The predicted octanol–water partition coefficient (Wildman–Crippen LogP) is 3.46. The van der Waals surface area contributed by atoms with E-state index in [1.54, 1.807) is 0 Å². The molecular formula is C20H31N3O2. The zero-order valence-corrected chi connectivity index (χ0v) is 16.2. The summed E-state index contributed by atoms with van der Waals surface area (Å²) in [6.07, 6.45) is 0.0831. The average Bonchev–Trinajstić information content (AvgIpc) is 2.58. The minimum absolute atomic E-state index is 0.0831. The number of hydrogen-bond acceptors (Lipinski definition) is 5. The summed E-state index contributed by atoms with van der Waals surface area (Å²) in [5.74, 6) is 1.45. The van der Waals surface area contributed by atoms with E-state index in [1.807, 2.05) is 39.0 Å². The van der Waals surface area contributed by atoms with E-state index >= 15 is 0 Å². The van der Waals surface area contributed by atoms with Crippen LogP contribution in [0.4, 0.5) is 0 Å². The second kappa shape index (κ2) is 9.07. The fraction of sp³-hybridized carbons (Fsp3) is 0.650. The fourth-order valence-corrected chi connectivity index (χ4v) is 3.41. The SMILES string of the molecule is CCOc1cc(C(C#N)N2CCN(CC)C(C)C2)ccc1OC(C)C. The third kappa shape index (κ3) is 4.87. The van der Waals surface area contributed by atoms with Gasteiger partial charge in [-0.25, -0.2) is 0 Å². The molecule has 1 aromatic carbocycles. The number of nitriles is 1. The quantitative estimate of drug-likeness (QED) is 0.757. The van der Waals surface area contributed by atoms with Crippen LogP contribution < -0.4 is 9.47 Å². The molecule has 1 aromatic rings. The zero-order chi connectivity index (χ0) is 18.4. The van der Waals surface area contributed by atoms with Crippen LogP contribution in [0.1, 0.15) is 46.2 Å². The Hall–Kier alpha value is -1.77. The second-order valence-corrected chi connectivity index (χ2v) is 6.81. The van der Waals surface area contributed by atoms with Crippen molar-refractivity contribution in [1.82, 2.24) is 9.80 Å². The third-order valence-electron chi connectivity index (χ3n) is 4.64. The first-order chi connectivity index (χ1) is 12.0. The molecule has 5 heteroatoms. The van der Waals surface area contributed by atoms with Gasteiger partial charge in [0.25, 0.3) is 0 Å². The van der Waals surface area contributed by atoms with Crippen molar-refractivity contribution in [3.63, 3.8) is 0 Å². The van der Waals surface area contributed by atoms with E-state index in [9.17, 15) is 5.26 Å². The lowest BCUT2D eigenvalue weighted by Gasteiger charge is -2.41. The van der Waals surface area contributed by atoms with Gasteiger partial charge >= 0.3 is 0 Å². The predicted molar refractivity (Wildman–Crippen MR) is 100 cm³/mol. The normalized spacial score (nSPS) is 20.3. The lowest BCUT2D eigenvalue weighted by atomic mass is 10.0. The summed E-state index contributed by atoms with van der Waals surface area (Å²) in [6, 6.07) is 8.57. The van der Waals surface area contributed by atoms with E-state index in [0.29, 0.717) is 18.4 Å². The topological polar surface area (TPSA) is 48.7 Å². The molecule has 1 saturated heterocycles. The lowest BCUT2D eigenvalue weighted by Crippen LogP contribution is -2.52. The molecule has 0 aliphatic carbocycles. The monoisotopic (exact) mass is 345 g/mol. The molecule has 5 nitrogen and oxygen atoms in total. The molecule has 0 amide bonds. The van der Waals surface area contributed by atoms with Crippen molar-refractivity contribution in [2.24, 2.45) is 0 Å². The van der Waals surface area contributed by atoms with E-state index < -0.39 is 0 Å². The van der Waals surface area contributed by atoms with Crippen LogP contribution in [-0.4, -0.2) is 54.7 Å². The van der Waals surface area contributed by atoms with Crippen LogP contribution in [0.3, 0.4) is 0 Å². The van der Waals surface area contributed by atoms with Gasteiger partial charge < -0.3 is 9.47 Å². The fourth-order valence-electron chi connectivity index (χ4n) is 3.41. The molecule has 0 bridgehead atoms. The van der Waals surface area contributed by atoms with Gasteiger partial charge in [0, 0.05) is 25.7 Å². The molecule has 2 atom stereocenters. The van der Waals surface area contributed by atoms with Crippen molar-refractivity contribution in [3.05, 3.63) is 23.8 Å². The van der Waals surface area contributed by atoms with Gasteiger partial charge in [-0.05, 0) is 51.9 Å². The van der Waals surface area contributed by atoms with Crippen LogP contribution in [0.5, 0.6) is 11.5 Å². The Kier molecular flexibility index (Phi) is 7.10. The molecule has 0 saturated carbocycles. The third-order valence-corrected chi connectivity index (χ3v) is 4.64. The largest absolute Gasteiger partial charge is 0.490 e. The first-order valence-corrected chi connectivity index (χ1v) is 9.31. The van der Waals surface area contributed by atoms with Crippen molar-refractivity contribution in [2.45, 2.75) is 52.8 Å². The maximum atomic E-state index is 9.80. The first kappa shape index (κ1) is 19.6. The Balaban J connectivity index is 2.23. The highest BCUT2D eigenvalue weighted by molar-refractivity contribution is 5.45. The molecular weight excluding hydrogens is 314 g/mol. The van der Waals surface area contributed by atoms with Crippen LogP contribution >= 0.6 is 0 Å². The molecule has 1 aliphatic rings. The number of nitrogens with zero attached hydrogens (tertiary/aromatic N) is 3. The Labute approximate surface area is 152 Å². The highest BCUT2D eigenvalue weighted by Gasteiger charge is 2.29. The molecule has 0 radical (unpaired) electrons. The van der Waals surface area contributed by atoms with Crippen LogP contribution in [0.2, 0.25) is 0 Å². The highest BCUT2D eigenvalue weighted by atomic mass is 16.5. The minimum atomic E-state index is -0.256. The number of piperazine rings is 1. The molecule has 0 aromatic heterocycles. The van der Waals surface area contributed by atoms with Gasteiger partial charge in [-0.1, -0.05) is 13.0 Å². The van der Waals surface area contributed by atoms with E-state index in [2.05, 4.69) is 29.7 Å². The maximum absolute atomic E-state index is 9.80. The van der Waals surface area contributed by atoms with Gasteiger partial charge in [0.15, 0.2) is 11.5 Å². The first-order valence-electron chi connectivity index (χ1n) is 9.31. The summed E-state index contributed by atoms with van der Waals surface area (Å²) in [5, 5.41) is 9.80. The number of likely N-dealkylation sites (N-methyl/N-ethyl adjacent to an activating group) is 1. The standard InChI is InChI=1S/C20H31N3O2/c1-6-22-10-11-23(14-16(22)5)18(13-21)17-8-9-19(25-15(3)4)20(12-17)24-7-2/h8-9,12,15-16,18H,6-7,10-11,14H2,1-5H3. The van der Waals surface area contributed by atoms with E-state index in [0.717, 1.165) is 37.5 Å². The maximum Gasteiger partial charge on any atom is 0.161 e. The van der Waals surface area contributed by atoms with Gasteiger partial charge in [0.05, 0.1) is 18.8 Å². The molecule has 25 heavy (non-hydrogen) atoms. The molecule has 1 aliphatic heterocycles. The Morgan fingerprint density at radius 3 is 2.56 bits per heavy atom. The van der Waals surface area contributed by atoms with Gasteiger partial charge in [-0.2, -0.15) is 5.26 Å². The van der Waals surface area contributed by atoms with Gasteiger partial charge in [-0.15, -0.1) is 0 Å². The van der Waals surface area contributed by atoms with Crippen molar-refractivity contribution < 1.29 is 9.47 Å². The van der Waals surface area contributed by atoms with Crippen molar-refractivity contribution >= 4 is 0 Å². The smallest absolute Gasteiger partial charge is 0.161 e. The van der Waals surface area contributed by atoms with Crippen molar-refractivity contribution in [1.29, 1.82) is 5.26 Å². The lowest BCUT2D eigenvalue weighted by molar-refractivity contribution is 0.0729. The average molecular weight is 345 g/mol. The highest BCUT2D eigenvalue weighted by Crippen LogP contribution is 2.33. The number of rotatable bonds is 7. The Morgan fingerprint density at radius 1 is 1.24 bits per heavy atom. The summed E-state index contributed by atoms with van der Waals surface area (Å²) in [7, 11) is 0. The second-order valence-electron chi connectivity index (χ2n) is 6.81. The molecule has 1 fully saturated rings. The van der Waals surface area contributed by atoms with E-state index in [-0.39, 0.29) is 12.1 Å². The van der Waals surface area contributed by atoms with Gasteiger partial charge in [0.2, 0.25) is 0 Å². The van der Waals surface area contributed by atoms with Crippen molar-refractivity contribution in [2.75, 3.05) is 32.8 Å². The van der Waals surface area contributed by atoms with Crippen LogP contribution in [0.25, 0.3) is 0 Å². The summed E-state index contributed by atoms with van der Waals surface area (Å²) < 4.78 is 11.6. The summed E-state index contributed by atoms with van der Waals surface area (Å²) in [5.41, 5.74) is 0.971. The summed E-state index contributed by atoms with van der Waals surface area (Å²) in [6.45, 7) is 14.8. The Bertz CT molecular complexity index is 597. The molecule has 138 valence electrons. The zero-order valence-electron chi connectivity index (χ0n) is 16.2. The Morgan fingerprint density at radius 2 is 2.00 bits per heavy atom. The van der Waals surface area contributed by atoms with Crippen LogP contribution in [0.15, 0.2) is 18.2 Å². The van der Waals surface area contributed by atoms with Crippen LogP contribution in [0, 0.1) is 11.3 Å². The molecule has 1 heterocycles. The molecule has 2 rings (SSSR count). The number of hydrogen-bond donors (Lipinski definition) is 0. The molecule has 0 N–H and O–H groups in total. The molecule has 0 spiro atoms. The van der Waals surface area contributed by atoms with Crippen LogP contribution in [-0.2, 0) is 0 Å².